The molecule has 1 N–H and O–H groups in total. The third kappa shape index (κ3) is 3.22. The van der Waals surface area contributed by atoms with E-state index in [4.69, 9.17) is 5.11 Å². The Morgan fingerprint density at radius 1 is 1.28 bits per heavy atom. The number of carbonyl (C=O) groups excluding carboxylic acids is 1. The number of halogens is 3. The Morgan fingerprint density at radius 3 is 2.33 bits per heavy atom. The van der Waals surface area contributed by atoms with Crippen molar-refractivity contribution in [2.24, 2.45) is 0 Å². The fourth-order valence-electron chi connectivity index (χ4n) is 1.40. The molecule has 1 amide bonds. The zero-order chi connectivity index (χ0) is 13.9. The fraction of sp³-hybridized carbons (Fsp3) is 0.273. The summed E-state index contributed by atoms with van der Waals surface area (Å²) in [7, 11) is 1.13. The largest absolute Gasteiger partial charge is 0.480 e. The van der Waals surface area contributed by atoms with Crippen molar-refractivity contribution in [2.45, 2.75) is 6.18 Å². The van der Waals surface area contributed by atoms with Gasteiger partial charge in [0.15, 0.2) is 0 Å². The predicted molar refractivity (Wildman–Crippen MR) is 56.0 cm³/mol. The molecule has 1 aromatic rings. The summed E-state index contributed by atoms with van der Waals surface area (Å²) in [5.41, 5.74) is -1.64. The summed E-state index contributed by atoms with van der Waals surface area (Å²) in [5, 5.41) is 8.49. The van der Waals surface area contributed by atoms with Crippen LogP contribution in [0.25, 0.3) is 0 Å². The van der Waals surface area contributed by atoms with E-state index in [1.165, 1.54) is 6.07 Å². The zero-order valence-electron chi connectivity index (χ0n) is 9.36. The number of rotatable bonds is 3. The molecule has 0 saturated heterocycles. The number of alkyl halides is 3. The highest BCUT2D eigenvalue weighted by atomic mass is 19.4. The van der Waals surface area contributed by atoms with Crippen LogP contribution in [-0.2, 0) is 11.0 Å². The average Bonchev–Trinajstić information content (AvgIpc) is 2.26. The van der Waals surface area contributed by atoms with E-state index in [1.54, 1.807) is 0 Å². The quantitative estimate of drug-likeness (QED) is 0.903. The summed E-state index contributed by atoms with van der Waals surface area (Å²) in [6.07, 6.45) is -4.66. The van der Waals surface area contributed by atoms with E-state index in [2.05, 4.69) is 0 Å². The maximum absolute atomic E-state index is 12.6. The molecule has 0 bridgehead atoms. The molecule has 0 radical (unpaired) electrons. The topological polar surface area (TPSA) is 57.6 Å². The van der Waals surface area contributed by atoms with Crippen molar-refractivity contribution in [2.75, 3.05) is 13.6 Å². The SMILES string of the molecule is CN(CC(=O)O)C(=O)c1ccccc1C(F)(F)F. The number of likely N-dealkylation sites (N-methyl/N-ethyl adjacent to an activating group) is 1. The van der Waals surface area contributed by atoms with Crippen LogP contribution in [0.3, 0.4) is 0 Å². The number of carbonyl (C=O) groups is 2. The lowest BCUT2D eigenvalue weighted by atomic mass is 10.1. The van der Waals surface area contributed by atoms with E-state index in [9.17, 15) is 22.8 Å². The van der Waals surface area contributed by atoms with Gasteiger partial charge in [-0.15, -0.1) is 0 Å². The third-order valence-electron chi connectivity index (χ3n) is 2.18. The van der Waals surface area contributed by atoms with Gasteiger partial charge in [0, 0.05) is 7.05 Å². The molecule has 1 aromatic carbocycles. The Morgan fingerprint density at radius 2 is 1.83 bits per heavy atom. The van der Waals surface area contributed by atoms with E-state index in [1.807, 2.05) is 0 Å². The zero-order valence-corrected chi connectivity index (χ0v) is 9.36. The lowest BCUT2D eigenvalue weighted by Gasteiger charge is -2.18. The second-order valence-corrected chi connectivity index (χ2v) is 3.60. The van der Waals surface area contributed by atoms with Crippen molar-refractivity contribution < 1.29 is 27.9 Å². The van der Waals surface area contributed by atoms with E-state index in [0.717, 1.165) is 25.2 Å². The summed E-state index contributed by atoms with van der Waals surface area (Å²) in [4.78, 5) is 22.8. The molecular formula is C11H10F3NO3. The molecule has 1 rings (SSSR count). The van der Waals surface area contributed by atoms with Gasteiger partial charge >= 0.3 is 12.1 Å². The maximum Gasteiger partial charge on any atom is 0.417 e. The van der Waals surface area contributed by atoms with E-state index in [0.29, 0.717) is 4.90 Å². The third-order valence-corrected chi connectivity index (χ3v) is 2.18. The highest BCUT2D eigenvalue weighted by Crippen LogP contribution is 2.32. The maximum atomic E-state index is 12.6. The number of hydrogen-bond acceptors (Lipinski definition) is 2. The molecule has 98 valence electrons. The minimum atomic E-state index is -4.66. The lowest BCUT2D eigenvalue weighted by molar-refractivity contribution is -0.138. The highest BCUT2D eigenvalue weighted by molar-refractivity contribution is 5.97. The first kappa shape index (κ1) is 14.0. The van der Waals surface area contributed by atoms with Crippen LogP contribution in [0.2, 0.25) is 0 Å². The number of aliphatic carboxylic acids is 1. The molecule has 0 aromatic heterocycles. The molecule has 0 unspecified atom stereocenters. The number of benzene rings is 1. The molecule has 18 heavy (non-hydrogen) atoms. The number of hydrogen-bond donors (Lipinski definition) is 1. The van der Waals surface area contributed by atoms with Crippen molar-refractivity contribution in [1.29, 1.82) is 0 Å². The summed E-state index contributed by atoms with van der Waals surface area (Å²) < 4.78 is 37.9. The second-order valence-electron chi connectivity index (χ2n) is 3.60. The van der Waals surface area contributed by atoms with Crippen molar-refractivity contribution in [1.82, 2.24) is 4.90 Å². The smallest absolute Gasteiger partial charge is 0.417 e. The van der Waals surface area contributed by atoms with Crippen molar-refractivity contribution >= 4 is 11.9 Å². The van der Waals surface area contributed by atoms with E-state index >= 15 is 0 Å². The summed E-state index contributed by atoms with van der Waals surface area (Å²) in [5.74, 6) is -2.28. The Balaban J connectivity index is 3.10. The van der Waals surface area contributed by atoms with Crippen LogP contribution < -0.4 is 0 Å². The molecular weight excluding hydrogens is 251 g/mol. The molecule has 0 aliphatic carbocycles. The van der Waals surface area contributed by atoms with Crippen LogP contribution in [-0.4, -0.2) is 35.5 Å². The minimum absolute atomic E-state index is 0.561. The molecule has 0 saturated carbocycles. The van der Waals surface area contributed by atoms with Crippen LogP contribution in [0.15, 0.2) is 24.3 Å². The van der Waals surface area contributed by atoms with Crippen LogP contribution in [0, 0.1) is 0 Å². The van der Waals surface area contributed by atoms with Crippen LogP contribution in [0.1, 0.15) is 15.9 Å². The van der Waals surface area contributed by atoms with Gasteiger partial charge in [0.25, 0.3) is 5.91 Å². The molecule has 0 aliphatic heterocycles. The highest BCUT2D eigenvalue weighted by Gasteiger charge is 2.35. The molecule has 0 fully saturated rings. The van der Waals surface area contributed by atoms with Gasteiger partial charge in [-0.1, -0.05) is 12.1 Å². The average molecular weight is 261 g/mol. The van der Waals surface area contributed by atoms with Gasteiger partial charge in [-0.25, -0.2) is 0 Å². The fourth-order valence-corrected chi connectivity index (χ4v) is 1.40. The van der Waals surface area contributed by atoms with Gasteiger partial charge < -0.3 is 10.0 Å². The first-order valence-electron chi connectivity index (χ1n) is 4.87. The molecule has 0 atom stereocenters. The molecule has 0 aliphatic rings. The summed E-state index contributed by atoms with van der Waals surface area (Å²) in [6, 6.07) is 4.25. The van der Waals surface area contributed by atoms with Crippen molar-refractivity contribution in [3.05, 3.63) is 35.4 Å². The van der Waals surface area contributed by atoms with Gasteiger partial charge in [-0.2, -0.15) is 13.2 Å². The van der Waals surface area contributed by atoms with Gasteiger partial charge in [-0.3, -0.25) is 9.59 Å². The van der Waals surface area contributed by atoms with Gasteiger partial charge in [0.05, 0.1) is 11.1 Å². The normalized spacial score (nSPS) is 11.1. The first-order chi connectivity index (χ1) is 8.23. The lowest BCUT2D eigenvalue weighted by Crippen LogP contribution is -2.33. The van der Waals surface area contributed by atoms with Crippen LogP contribution in [0.4, 0.5) is 13.2 Å². The molecule has 7 heteroatoms. The van der Waals surface area contributed by atoms with E-state index in [-0.39, 0.29) is 0 Å². The summed E-state index contributed by atoms with van der Waals surface area (Å²) in [6.45, 7) is -0.662. The second kappa shape index (κ2) is 5.07. The van der Waals surface area contributed by atoms with Gasteiger partial charge in [0.1, 0.15) is 6.54 Å². The predicted octanol–water partition coefficient (Wildman–Crippen LogP) is 1.86. The molecule has 0 heterocycles. The minimum Gasteiger partial charge on any atom is -0.480 e. The molecule has 4 nitrogen and oxygen atoms in total. The Hall–Kier alpha value is -2.05. The first-order valence-corrected chi connectivity index (χ1v) is 4.87. The van der Waals surface area contributed by atoms with Crippen molar-refractivity contribution in [3.8, 4) is 0 Å². The van der Waals surface area contributed by atoms with E-state index < -0.39 is 35.7 Å². The van der Waals surface area contributed by atoms with Crippen LogP contribution in [0.5, 0.6) is 0 Å². The molecule has 0 spiro atoms. The number of carboxylic acid groups (broad SMARTS) is 1. The Labute approximate surface area is 101 Å². The number of nitrogens with zero attached hydrogens (tertiary/aromatic N) is 1. The Bertz CT molecular complexity index is 471. The standard InChI is InChI=1S/C11H10F3NO3/c1-15(6-9(16)17)10(18)7-4-2-3-5-8(7)11(12,13)14/h2-5H,6H2,1H3,(H,16,17). The van der Waals surface area contributed by atoms with Crippen LogP contribution >= 0.6 is 0 Å². The number of amides is 1. The summed E-state index contributed by atoms with van der Waals surface area (Å²) >= 11 is 0. The van der Waals surface area contributed by atoms with Gasteiger partial charge in [0.2, 0.25) is 0 Å². The monoisotopic (exact) mass is 261 g/mol. The number of carboxylic acids is 1. The Kier molecular flexibility index (Phi) is 3.95. The van der Waals surface area contributed by atoms with Crippen molar-refractivity contribution in [3.63, 3.8) is 0 Å². The van der Waals surface area contributed by atoms with Gasteiger partial charge in [-0.05, 0) is 12.1 Å².